The van der Waals surface area contributed by atoms with E-state index in [1.54, 1.807) is 36.6 Å². The van der Waals surface area contributed by atoms with Crippen molar-refractivity contribution in [2.75, 3.05) is 0 Å². The molecule has 0 fully saturated rings. The van der Waals surface area contributed by atoms with E-state index < -0.39 is 22.8 Å². The molecule has 0 rings (SSSR count). The van der Waals surface area contributed by atoms with E-state index in [-0.39, 0.29) is 32.7 Å². The van der Waals surface area contributed by atoms with Crippen LogP contribution in [0.5, 0.6) is 0 Å². The molecular weight excluding hydrogens is 503 g/mol. The van der Waals surface area contributed by atoms with Gasteiger partial charge in [0.2, 0.25) is 0 Å². The van der Waals surface area contributed by atoms with Crippen LogP contribution in [0.4, 0.5) is 0 Å². The fraction of sp³-hybridized carbons (Fsp3) is 0.833. The Morgan fingerprint density at radius 1 is 0.613 bits per heavy atom. The maximum absolute atomic E-state index is 10.9. The molecule has 0 aliphatic rings. The quantitative estimate of drug-likeness (QED) is 0.187. The molecule has 0 radical (unpaired) electrons. The number of carboxylic acids is 2. The van der Waals surface area contributed by atoms with Crippen molar-refractivity contribution in [3.8, 4) is 0 Å². The summed E-state index contributed by atoms with van der Waals surface area (Å²) in [4.78, 5) is 43.1. The first-order chi connectivity index (χ1) is 14.4. The summed E-state index contributed by atoms with van der Waals surface area (Å²) in [6.45, 7) is 13.9. The van der Waals surface area contributed by atoms with Gasteiger partial charge in [0.05, 0.1) is 22.8 Å². The van der Waals surface area contributed by atoms with Crippen LogP contribution >= 0.6 is 0 Å². The van der Waals surface area contributed by atoms with Gasteiger partial charge in [-0.05, 0) is 39.5 Å². The molecule has 0 atom stereocenters. The van der Waals surface area contributed by atoms with Gasteiger partial charge in [0.15, 0.2) is 0 Å². The van der Waals surface area contributed by atoms with E-state index in [0.29, 0.717) is 25.7 Å². The number of aliphatic carboxylic acids is 2. The number of ketones is 2. The SMILES string of the molecule is CCC(CC)(C(C)=O)C(=O)[O-].CCC(CC)(C(C)=O)C(=O)[O-].CCC[CH2][Sn+2][CH2]CCC. The van der Waals surface area contributed by atoms with Crippen molar-refractivity contribution in [2.24, 2.45) is 10.8 Å². The van der Waals surface area contributed by atoms with E-state index in [1.807, 2.05) is 0 Å². The predicted molar refractivity (Wildman–Crippen MR) is 123 cm³/mol. The van der Waals surface area contributed by atoms with Crippen molar-refractivity contribution in [2.45, 2.75) is 116 Å². The first-order valence-electron chi connectivity index (χ1n) is 11.6. The van der Waals surface area contributed by atoms with Crippen LogP contribution in [0.15, 0.2) is 0 Å². The van der Waals surface area contributed by atoms with Gasteiger partial charge in [0.1, 0.15) is 11.6 Å². The molecule has 0 aliphatic carbocycles. The Balaban J connectivity index is -0.000000382. The van der Waals surface area contributed by atoms with Crippen LogP contribution in [0.25, 0.3) is 0 Å². The second-order valence-electron chi connectivity index (χ2n) is 7.72. The van der Waals surface area contributed by atoms with Gasteiger partial charge in [0.25, 0.3) is 0 Å². The topological polar surface area (TPSA) is 114 Å². The maximum atomic E-state index is 10.9. The number of carbonyl (C=O) groups is 4. The second-order valence-corrected chi connectivity index (χ2v) is 12.0. The van der Waals surface area contributed by atoms with Gasteiger partial charge in [0, 0.05) is 0 Å². The first kappa shape index (κ1) is 34.7. The molecule has 0 aliphatic heterocycles. The van der Waals surface area contributed by atoms with Crippen molar-refractivity contribution >= 4 is 44.6 Å². The van der Waals surface area contributed by atoms with E-state index in [9.17, 15) is 29.4 Å². The van der Waals surface area contributed by atoms with Gasteiger partial charge in [-0.1, -0.05) is 27.7 Å². The zero-order chi connectivity index (χ0) is 25.1. The van der Waals surface area contributed by atoms with Crippen LogP contribution in [0.1, 0.15) is 107 Å². The van der Waals surface area contributed by atoms with E-state index in [0.717, 1.165) is 0 Å². The number of rotatable bonds is 14. The minimum atomic E-state index is -1.25. The number of Topliss-reactive ketones (excluding diaryl/α,β-unsaturated/α-hetero) is 2. The summed E-state index contributed by atoms with van der Waals surface area (Å²) < 4.78 is 3.25. The summed E-state index contributed by atoms with van der Waals surface area (Å²) in [5.41, 5.74) is -2.50. The molecule has 0 unspecified atom stereocenters. The monoisotopic (exact) mass is 548 g/mol. The molecule has 0 aromatic heterocycles. The van der Waals surface area contributed by atoms with Crippen LogP contribution < -0.4 is 10.2 Å². The van der Waals surface area contributed by atoms with Gasteiger partial charge in [-0.2, -0.15) is 0 Å². The van der Waals surface area contributed by atoms with Crippen molar-refractivity contribution in [1.29, 1.82) is 0 Å². The number of hydrogen-bond acceptors (Lipinski definition) is 6. The Morgan fingerprint density at radius 2 is 0.871 bits per heavy atom. The molecule has 6 nitrogen and oxygen atoms in total. The number of carbonyl (C=O) groups excluding carboxylic acids is 4. The zero-order valence-electron chi connectivity index (χ0n) is 21.0. The van der Waals surface area contributed by atoms with E-state index in [2.05, 4.69) is 13.8 Å². The van der Waals surface area contributed by atoms with Crippen LogP contribution in [-0.4, -0.2) is 44.6 Å². The van der Waals surface area contributed by atoms with E-state index in [1.165, 1.54) is 39.5 Å². The van der Waals surface area contributed by atoms with Crippen molar-refractivity contribution in [3.05, 3.63) is 0 Å². The minimum absolute atomic E-state index is 0.149. The fourth-order valence-electron chi connectivity index (χ4n) is 3.09. The van der Waals surface area contributed by atoms with Crippen molar-refractivity contribution in [1.82, 2.24) is 0 Å². The van der Waals surface area contributed by atoms with Crippen molar-refractivity contribution < 1.29 is 29.4 Å². The summed E-state index contributed by atoms with van der Waals surface area (Å²) >= 11 is 0.149. The molecule has 0 N–H and O–H groups in total. The van der Waals surface area contributed by atoms with Gasteiger partial charge in [-0.15, -0.1) is 0 Å². The summed E-state index contributed by atoms with van der Waals surface area (Å²) in [7, 11) is 0. The Bertz CT molecular complexity index is 444. The first-order valence-corrected chi connectivity index (χ1v) is 15.6. The van der Waals surface area contributed by atoms with Gasteiger partial charge in [-0.25, -0.2) is 0 Å². The third-order valence-corrected chi connectivity index (χ3v) is 9.99. The summed E-state index contributed by atoms with van der Waals surface area (Å²) in [5, 5.41) is 21.2. The molecule has 180 valence electrons. The Hall–Kier alpha value is -0.921. The summed E-state index contributed by atoms with van der Waals surface area (Å²) in [6, 6.07) is 0. The van der Waals surface area contributed by atoms with Gasteiger partial charge < -0.3 is 19.8 Å². The number of unbranched alkanes of at least 4 members (excludes halogenated alkanes) is 2. The zero-order valence-corrected chi connectivity index (χ0v) is 23.9. The Kier molecular flexibility index (Phi) is 22.1. The van der Waals surface area contributed by atoms with Crippen LogP contribution in [0.3, 0.4) is 0 Å². The molecule has 31 heavy (non-hydrogen) atoms. The molecule has 0 aromatic rings. The second kappa shape index (κ2) is 19.7. The average Bonchev–Trinajstić information content (AvgIpc) is 2.70. The molecule has 0 saturated carbocycles. The van der Waals surface area contributed by atoms with Crippen LogP contribution in [0, 0.1) is 10.8 Å². The van der Waals surface area contributed by atoms with E-state index in [4.69, 9.17) is 0 Å². The molecule has 0 saturated heterocycles. The normalized spacial score (nSPS) is 10.6. The molecule has 0 amide bonds. The predicted octanol–water partition coefficient (Wildman–Crippen LogP) is 3.39. The van der Waals surface area contributed by atoms with Crippen LogP contribution in [0.2, 0.25) is 8.87 Å². The average molecular weight is 547 g/mol. The Morgan fingerprint density at radius 3 is 0.968 bits per heavy atom. The number of carboxylic acid groups (broad SMARTS) is 2. The Labute approximate surface area is 200 Å². The van der Waals surface area contributed by atoms with Crippen LogP contribution in [-0.2, 0) is 19.2 Å². The molecule has 0 spiro atoms. The summed E-state index contributed by atoms with van der Waals surface area (Å²) in [5.74, 6) is -3.14. The summed E-state index contributed by atoms with van der Waals surface area (Å²) in [6.07, 6.45) is 7.07. The molecule has 0 aromatic carbocycles. The van der Waals surface area contributed by atoms with E-state index >= 15 is 0 Å². The standard InChI is InChI=1S/2C8H14O3.2C4H9.Sn/c2*1-4-8(5-2,6(3)9)7(10)11;2*1-3-4-2;/h2*4-5H2,1-3H3,(H,10,11);2*1,3-4H2,2H3;/q;;;;+2/p-2. The number of hydrogen-bond donors (Lipinski definition) is 0. The molecular formula is C24H44O6Sn. The van der Waals surface area contributed by atoms with Gasteiger partial charge >= 0.3 is 69.5 Å². The molecule has 7 heteroatoms. The third kappa shape index (κ3) is 12.6. The fourth-order valence-corrected chi connectivity index (χ4v) is 7.25. The van der Waals surface area contributed by atoms with Gasteiger partial charge in [-0.3, -0.25) is 9.59 Å². The molecule has 0 heterocycles. The van der Waals surface area contributed by atoms with Crippen molar-refractivity contribution in [3.63, 3.8) is 0 Å². The third-order valence-electron chi connectivity index (χ3n) is 5.96. The molecule has 0 bridgehead atoms.